The summed E-state index contributed by atoms with van der Waals surface area (Å²) in [5.74, 6) is -1.29. The second kappa shape index (κ2) is 8.92. The molecule has 136 valence electrons. The normalized spacial score (nSPS) is 11.4. The maximum absolute atomic E-state index is 12.0. The third-order valence-corrected chi connectivity index (χ3v) is 3.44. The van der Waals surface area contributed by atoms with Gasteiger partial charge in [0.2, 0.25) is 0 Å². The molecule has 0 aliphatic carbocycles. The first-order valence-electron chi connectivity index (χ1n) is 7.83. The highest BCUT2D eigenvalue weighted by Gasteiger charge is 2.16. The SMILES string of the molecule is C[C@H](OC(=O)/C=C/c1cccc([N+](=O)[O-])c1)C(=O)Nc1ccc(C#N)cc1. The molecular weight excluding hydrogens is 350 g/mol. The summed E-state index contributed by atoms with van der Waals surface area (Å²) in [4.78, 5) is 34.1. The van der Waals surface area contributed by atoms with Crippen molar-refractivity contribution in [3.8, 4) is 6.07 Å². The van der Waals surface area contributed by atoms with Gasteiger partial charge in [-0.1, -0.05) is 12.1 Å². The van der Waals surface area contributed by atoms with Crippen molar-refractivity contribution in [2.75, 3.05) is 5.32 Å². The van der Waals surface area contributed by atoms with Crippen LogP contribution in [-0.2, 0) is 14.3 Å². The average molecular weight is 365 g/mol. The Morgan fingerprint density at radius 1 is 1.26 bits per heavy atom. The molecule has 2 aromatic carbocycles. The third-order valence-electron chi connectivity index (χ3n) is 3.44. The number of nitrogens with zero attached hydrogens (tertiary/aromatic N) is 2. The van der Waals surface area contributed by atoms with Crippen LogP contribution in [0.3, 0.4) is 0 Å². The fourth-order valence-electron chi connectivity index (χ4n) is 2.05. The summed E-state index contributed by atoms with van der Waals surface area (Å²) in [6.07, 6.45) is 1.40. The van der Waals surface area contributed by atoms with Crippen molar-refractivity contribution in [2.24, 2.45) is 0 Å². The highest BCUT2D eigenvalue weighted by Crippen LogP contribution is 2.14. The summed E-state index contributed by atoms with van der Waals surface area (Å²) in [5, 5.41) is 22.0. The Morgan fingerprint density at radius 3 is 2.59 bits per heavy atom. The molecule has 1 atom stereocenters. The molecule has 0 saturated heterocycles. The minimum absolute atomic E-state index is 0.0966. The Morgan fingerprint density at radius 2 is 1.96 bits per heavy atom. The van der Waals surface area contributed by atoms with Gasteiger partial charge < -0.3 is 10.1 Å². The number of nitro benzene ring substituents is 1. The molecule has 0 bridgehead atoms. The molecular formula is C19H15N3O5. The van der Waals surface area contributed by atoms with Crippen molar-refractivity contribution in [1.82, 2.24) is 0 Å². The van der Waals surface area contributed by atoms with Gasteiger partial charge in [0.05, 0.1) is 16.6 Å². The Kier molecular flexibility index (Phi) is 6.39. The summed E-state index contributed by atoms with van der Waals surface area (Å²) in [5.41, 5.74) is 1.28. The molecule has 0 spiro atoms. The predicted molar refractivity (Wildman–Crippen MR) is 97.5 cm³/mol. The number of esters is 1. The van der Waals surface area contributed by atoms with Gasteiger partial charge in [0.15, 0.2) is 6.10 Å². The van der Waals surface area contributed by atoms with E-state index in [1.54, 1.807) is 30.3 Å². The second-order valence-corrected chi connectivity index (χ2v) is 5.44. The number of nitrogens with one attached hydrogen (secondary N) is 1. The fourth-order valence-corrected chi connectivity index (χ4v) is 2.05. The van der Waals surface area contributed by atoms with Gasteiger partial charge in [0.25, 0.3) is 11.6 Å². The molecule has 0 aliphatic heterocycles. The number of nitro groups is 1. The van der Waals surface area contributed by atoms with Crippen molar-refractivity contribution < 1.29 is 19.2 Å². The number of amides is 1. The minimum atomic E-state index is -1.05. The lowest BCUT2D eigenvalue weighted by Gasteiger charge is -2.12. The van der Waals surface area contributed by atoms with Crippen LogP contribution in [-0.4, -0.2) is 22.9 Å². The van der Waals surface area contributed by atoms with E-state index in [0.29, 0.717) is 16.8 Å². The standard InChI is InChI=1S/C19H15N3O5/c1-13(19(24)21-16-8-5-15(12-20)6-9-16)27-18(23)10-7-14-3-2-4-17(11-14)22(25)26/h2-11,13H,1H3,(H,21,24)/b10-7+/t13-/m0/s1. The highest BCUT2D eigenvalue weighted by atomic mass is 16.6. The van der Waals surface area contributed by atoms with Crippen LogP contribution < -0.4 is 5.32 Å². The van der Waals surface area contributed by atoms with Crippen LogP contribution >= 0.6 is 0 Å². The molecule has 0 radical (unpaired) electrons. The molecule has 0 aliphatic rings. The van der Waals surface area contributed by atoms with Gasteiger partial charge in [-0.05, 0) is 42.8 Å². The number of hydrogen-bond acceptors (Lipinski definition) is 6. The second-order valence-electron chi connectivity index (χ2n) is 5.44. The summed E-state index contributed by atoms with van der Waals surface area (Å²) in [6, 6.07) is 13.9. The van der Waals surface area contributed by atoms with Gasteiger partial charge in [-0.25, -0.2) is 4.79 Å². The summed E-state index contributed by atoms with van der Waals surface area (Å²) >= 11 is 0. The lowest BCUT2D eigenvalue weighted by molar-refractivity contribution is -0.384. The molecule has 2 rings (SSSR count). The number of hydrogen-bond donors (Lipinski definition) is 1. The van der Waals surface area contributed by atoms with E-state index in [1.165, 1.54) is 31.2 Å². The molecule has 0 heterocycles. The molecule has 0 unspecified atom stereocenters. The first-order valence-corrected chi connectivity index (χ1v) is 7.83. The van der Waals surface area contributed by atoms with Crippen molar-refractivity contribution >= 4 is 29.3 Å². The Hall–Kier alpha value is -3.99. The minimum Gasteiger partial charge on any atom is -0.449 e. The fraction of sp³-hybridized carbons (Fsp3) is 0.105. The van der Waals surface area contributed by atoms with Crippen LogP contribution in [0, 0.1) is 21.4 Å². The summed E-state index contributed by atoms with van der Waals surface area (Å²) in [6.45, 7) is 1.41. The van der Waals surface area contributed by atoms with E-state index in [1.807, 2.05) is 6.07 Å². The predicted octanol–water partition coefficient (Wildman–Crippen LogP) is 3.05. The van der Waals surface area contributed by atoms with Gasteiger partial charge in [-0.2, -0.15) is 5.26 Å². The van der Waals surface area contributed by atoms with E-state index in [-0.39, 0.29) is 5.69 Å². The molecule has 2 aromatic rings. The van der Waals surface area contributed by atoms with E-state index in [2.05, 4.69) is 5.32 Å². The van der Waals surface area contributed by atoms with Crippen LogP contribution in [0.5, 0.6) is 0 Å². The number of ether oxygens (including phenoxy) is 1. The van der Waals surface area contributed by atoms with Gasteiger partial charge in [0.1, 0.15) is 0 Å². The number of benzene rings is 2. The topological polar surface area (TPSA) is 122 Å². The van der Waals surface area contributed by atoms with Crippen LogP contribution in [0.15, 0.2) is 54.6 Å². The van der Waals surface area contributed by atoms with E-state index in [9.17, 15) is 19.7 Å². The molecule has 1 N–H and O–H groups in total. The van der Waals surface area contributed by atoms with Crippen molar-refractivity contribution in [3.05, 3.63) is 75.8 Å². The third kappa shape index (κ3) is 5.79. The highest BCUT2D eigenvalue weighted by molar-refractivity contribution is 5.96. The van der Waals surface area contributed by atoms with Gasteiger partial charge in [0, 0.05) is 23.9 Å². The zero-order valence-electron chi connectivity index (χ0n) is 14.3. The largest absolute Gasteiger partial charge is 0.449 e. The number of carbonyl (C=O) groups is 2. The molecule has 8 heteroatoms. The molecule has 27 heavy (non-hydrogen) atoms. The van der Waals surface area contributed by atoms with E-state index >= 15 is 0 Å². The number of non-ortho nitro benzene ring substituents is 1. The van der Waals surface area contributed by atoms with E-state index in [4.69, 9.17) is 10.00 Å². The molecule has 8 nitrogen and oxygen atoms in total. The number of anilines is 1. The average Bonchev–Trinajstić information content (AvgIpc) is 2.67. The smallest absolute Gasteiger partial charge is 0.331 e. The molecule has 1 amide bonds. The lowest BCUT2D eigenvalue weighted by Crippen LogP contribution is -2.29. The number of carbonyl (C=O) groups excluding carboxylic acids is 2. The molecule has 0 saturated carbocycles. The van der Waals surface area contributed by atoms with E-state index in [0.717, 1.165) is 6.08 Å². The van der Waals surface area contributed by atoms with Gasteiger partial charge in [-0.3, -0.25) is 14.9 Å². The van der Waals surface area contributed by atoms with Crippen molar-refractivity contribution in [1.29, 1.82) is 5.26 Å². The number of nitriles is 1. The first-order chi connectivity index (χ1) is 12.9. The van der Waals surface area contributed by atoms with Crippen molar-refractivity contribution in [3.63, 3.8) is 0 Å². The zero-order valence-corrected chi connectivity index (χ0v) is 14.3. The van der Waals surface area contributed by atoms with E-state index < -0.39 is 22.9 Å². The maximum Gasteiger partial charge on any atom is 0.331 e. The van der Waals surface area contributed by atoms with Crippen LogP contribution in [0.4, 0.5) is 11.4 Å². The Balaban J connectivity index is 1.92. The Labute approximate surface area is 154 Å². The number of rotatable bonds is 6. The van der Waals surface area contributed by atoms with Crippen LogP contribution in [0.2, 0.25) is 0 Å². The molecule has 0 fully saturated rings. The Bertz CT molecular complexity index is 929. The van der Waals surface area contributed by atoms with Gasteiger partial charge >= 0.3 is 5.97 Å². The van der Waals surface area contributed by atoms with Crippen LogP contribution in [0.25, 0.3) is 6.08 Å². The quantitative estimate of drug-likeness (QED) is 0.363. The van der Waals surface area contributed by atoms with Gasteiger partial charge in [-0.15, -0.1) is 0 Å². The van der Waals surface area contributed by atoms with Crippen molar-refractivity contribution in [2.45, 2.75) is 13.0 Å². The van der Waals surface area contributed by atoms with Crippen LogP contribution in [0.1, 0.15) is 18.1 Å². The summed E-state index contributed by atoms with van der Waals surface area (Å²) in [7, 11) is 0. The zero-order chi connectivity index (χ0) is 19.8. The monoisotopic (exact) mass is 365 g/mol. The first kappa shape index (κ1) is 19.3. The molecule has 0 aromatic heterocycles. The lowest BCUT2D eigenvalue weighted by atomic mass is 10.2. The summed E-state index contributed by atoms with van der Waals surface area (Å²) < 4.78 is 5.00. The maximum atomic E-state index is 12.0.